The number of hydrogen-bond donors (Lipinski definition) is 1. The third-order valence-corrected chi connectivity index (χ3v) is 3.70. The Morgan fingerprint density at radius 2 is 1.80 bits per heavy atom. The number of furan rings is 1. The van der Waals surface area contributed by atoms with Crippen LogP contribution in [-0.2, 0) is 0 Å². The lowest BCUT2D eigenvalue weighted by Gasteiger charge is -2.34. The van der Waals surface area contributed by atoms with Gasteiger partial charge in [0.1, 0.15) is 11.5 Å². The van der Waals surface area contributed by atoms with Crippen LogP contribution in [0.15, 0.2) is 16.5 Å². The monoisotopic (exact) mass is 322 g/mol. The average molecular weight is 323 g/mol. The summed E-state index contributed by atoms with van der Waals surface area (Å²) in [6.45, 7) is 11.1. The van der Waals surface area contributed by atoms with Gasteiger partial charge in [0, 0.05) is 26.2 Å². The molecule has 0 saturated carbocycles. The number of hydrogen-bond acceptors (Lipinski definition) is 3. The van der Waals surface area contributed by atoms with Gasteiger partial charge in [0.15, 0.2) is 0 Å². The summed E-state index contributed by atoms with van der Waals surface area (Å²) in [6, 6.07) is 4.70. The molecule has 3 nitrogen and oxygen atoms in total. The quantitative estimate of drug-likeness (QED) is 0.893. The van der Waals surface area contributed by atoms with E-state index < -0.39 is 0 Å². The molecule has 20 heavy (non-hydrogen) atoms. The molecule has 0 bridgehead atoms. The minimum Gasteiger partial charge on any atom is -0.465 e. The number of nitrogens with zero attached hydrogens (tertiary/aromatic N) is 1. The fourth-order valence-corrected chi connectivity index (χ4v) is 2.62. The minimum atomic E-state index is 0. The van der Waals surface area contributed by atoms with Gasteiger partial charge in [-0.1, -0.05) is 13.8 Å². The van der Waals surface area contributed by atoms with Crippen LogP contribution < -0.4 is 5.32 Å². The maximum Gasteiger partial charge on any atom is 0.121 e. The highest BCUT2D eigenvalue weighted by Crippen LogP contribution is 2.29. The Hall–Kier alpha value is -0.220. The largest absolute Gasteiger partial charge is 0.465 e. The van der Waals surface area contributed by atoms with Crippen LogP contribution in [0.5, 0.6) is 0 Å². The van der Waals surface area contributed by atoms with Gasteiger partial charge < -0.3 is 9.73 Å². The zero-order valence-corrected chi connectivity index (χ0v) is 14.4. The van der Waals surface area contributed by atoms with Crippen molar-refractivity contribution < 1.29 is 4.42 Å². The summed E-state index contributed by atoms with van der Waals surface area (Å²) in [5, 5.41) is 3.42. The van der Waals surface area contributed by atoms with E-state index >= 15 is 0 Å². The normalized spacial score (nSPS) is 17.4. The van der Waals surface area contributed by atoms with Crippen LogP contribution in [0.2, 0.25) is 0 Å². The summed E-state index contributed by atoms with van der Waals surface area (Å²) in [4.78, 5) is 2.57. The minimum absolute atomic E-state index is 0. The molecule has 1 N–H and O–H groups in total. The predicted octanol–water partition coefficient (Wildman–Crippen LogP) is 3.81. The highest BCUT2D eigenvalue weighted by Gasteiger charge is 2.24. The first-order valence-corrected chi connectivity index (χ1v) is 7.18. The van der Waals surface area contributed by atoms with E-state index in [0.29, 0.717) is 6.04 Å². The molecule has 118 valence electrons. The zero-order valence-electron chi connectivity index (χ0n) is 12.7. The average Bonchev–Trinajstić information content (AvgIpc) is 2.77. The van der Waals surface area contributed by atoms with E-state index in [9.17, 15) is 0 Å². The van der Waals surface area contributed by atoms with Gasteiger partial charge in [-0.3, -0.25) is 4.90 Å². The second kappa shape index (κ2) is 9.67. The molecule has 1 fully saturated rings. The van der Waals surface area contributed by atoms with E-state index in [1.807, 2.05) is 6.92 Å². The van der Waals surface area contributed by atoms with E-state index in [0.717, 1.165) is 43.6 Å². The van der Waals surface area contributed by atoms with Crippen LogP contribution in [0.3, 0.4) is 0 Å². The highest BCUT2D eigenvalue weighted by atomic mass is 35.5. The van der Waals surface area contributed by atoms with Gasteiger partial charge in [-0.2, -0.15) is 0 Å². The SMILES string of the molecule is Cc1ccc([C@@H](CCC(C)C)N2CCNCC2)o1.Cl.Cl. The highest BCUT2D eigenvalue weighted by molar-refractivity contribution is 5.85. The van der Waals surface area contributed by atoms with E-state index in [2.05, 4.69) is 36.2 Å². The van der Waals surface area contributed by atoms with Gasteiger partial charge in [-0.15, -0.1) is 24.8 Å². The molecule has 0 spiro atoms. The summed E-state index contributed by atoms with van der Waals surface area (Å²) in [5.74, 6) is 2.93. The van der Waals surface area contributed by atoms with Gasteiger partial charge in [-0.25, -0.2) is 0 Å². The van der Waals surface area contributed by atoms with Gasteiger partial charge in [0.2, 0.25) is 0 Å². The van der Waals surface area contributed by atoms with Gasteiger partial charge in [0.25, 0.3) is 0 Å². The van der Waals surface area contributed by atoms with Crippen molar-refractivity contribution in [3.05, 3.63) is 23.7 Å². The molecule has 0 amide bonds. The van der Waals surface area contributed by atoms with E-state index in [1.54, 1.807) is 0 Å². The number of halogens is 2. The third kappa shape index (κ3) is 5.65. The Morgan fingerprint density at radius 3 is 2.30 bits per heavy atom. The van der Waals surface area contributed by atoms with Gasteiger partial charge in [0.05, 0.1) is 6.04 Å². The zero-order chi connectivity index (χ0) is 13.0. The number of rotatable bonds is 5. The van der Waals surface area contributed by atoms with E-state index in [4.69, 9.17) is 4.42 Å². The summed E-state index contributed by atoms with van der Waals surface area (Å²) in [6.07, 6.45) is 2.46. The van der Waals surface area contributed by atoms with Crippen molar-refractivity contribution in [1.82, 2.24) is 10.2 Å². The van der Waals surface area contributed by atoms with Crippen molar-refractivity contribution in [1.29, 1.82) is 0 Å². The van der Waals surface area contributed by atoms with Crippen LogP contribution in [0.1, 0.15) is 44.3 Å². The topological polar surface area (TPSA) is 28.4 Å². The first-order chi connectivity index (χ1) is 8.66. The van der Waals surface area contributed by atoms with Crippen molar-refractivity contribution >= 4 is 24.8 Å². The summed E-state index contributed by atoms with van der Waals surface area (Å²) in [7, 11) is 0. The van der Waals surface area contributed by atoms with Gasteiger partial charge >= 0.3 is 0 Å². The van der Waals surface area contributed by atoms with Crippen LogP contribution in [0, 0.1) is 12.8 Å². The Kier molecular flexibility index (Phi) is 9.56. The fraction of sp³-hybridized carbons (Fsp3) is 0.733. The second-order valence-corrected chi connectivity index (χ2v) is 5.72. The first kappa shape index (κ1) is 19.8. The Labute approximate surface area is 135 Å². The Balaban J connectivity index is 0.00000180. The maximum absolute atomic E-state index is 5.87. The Bertz CT molecular complexity index is 363. The number of nitrogens with one attached hydrogen (secondary N) is 1. The summed E-state index contributed by atoms with van der Waals surface area (Å²) >= 11 is 0. The summed E-state index contributed by atoms with van der Waals surface area (Å²) < 4.78 is 5.87. The van der Waals surface area contributed by atoms with Crippen LogP contribution in [-0.4, -0.2) is 31.1 Å². The fourth-order valence-electron chi connectivity index (χ4n) is 2.62. The molecule has 2 rings (SSSR count). The van der Waals surface area contributed by atoms with Gasteiger partial charge in [-0.05, 0) is 37.8 Å². The molecule has 2 heterocycles. The molecule has 1 aliphatic heterocycles. The molecular weight excluding hydrogens is 295 g/mol. The lowest BCUT2D eigenvalue weighted by atomic mass is 10.00. The number of piperazine rings is 1. The Morgan fingerprint density at radius 1 is 1.15 bits per heavy atom. The van der Waals surface area contributed by atoms with E-state index in [-0.39, 0.29) is 24.8 Å². The lowest BCUT2D eigenvalue weighted by Crippen LogP contribution is -2.45. The molecule has 1 saturated heterocycles. The maximum atomic E-state index is 5.87. The van der Waals surface area contributed by atoms with Crippen molar-refractivity contribution in [2.75, 3.05) is 26.2 Å². The third-order valence-electron chi connectivity index (χ3n) is 3.70. The molecule has 0 unspecified atom stereocenters. The first-order valence-electron chi connectivity index (χ1n) is 7.18. The van der Waals surface area contributed by atoms with E-state index in [1.165, 1.54) is 12.8 Å². The standard InChI is InChI=1S/C15H26N2O.2ClH/c1-12(2)4-6-14(15-7-5-13(3)18-15)17-10-8-16-9-11-17;;/h5,7,12,14,16H,4,6,8-11H2,1-3H3;2*1H/t14-;;/m1../s1. The smallest absolute Gasteiger partial charge is 0.121 e. The predicted molar refractivity (Wildman–Crippen MR) is 89.2 cm³/mol. The molecule has 1 aliphatic rings. The van der Waals surface area contributed by atoms with Crippen molar-refractivity contribution in [2.45, 2.75) is 39.7 Å². The van der Waals surface area contributed by atoms with Crippen molar-refractivity contribution in [2.24, 2.45) is 5.92 Å². The van der Waals surface area contributed by atoms with Crippen LogP contribution >= 0.6 is 24.8 Å². The van der Waals surface area contributed by atoms with Crippen LogP contribution in [0.4, 0.5) is 0 Å². The molecule has 0 radical (unpaired) electrons. The van der Waals surface area contributed by atoms with Crippen molar-refractivity contribution in [3.8, 4) is 0 Å². The molecule has 0 aromatic carbocycles. The second-order valence-electron chi connectivity index (χ2n) is 5.72. The van der Waals surface area contributed by atoms with Crippen molar-refractivity contribution in [3.63, 3.8) is 0 Å². The lowest BCUT2D eigenvalue weighted by molar-refractivity contribution is 0.140. The molecule has 1 aromatic heterocycles. The molecule has 1 aromatic rings. The van der Waals surface area contributed by atoms with Crippen LogP contribution in [0.25, 0.3) is 0 Å². The number of aryl methyl sites for hydroxylation is 1. The summed E-state index contributed by atoms with van der Waals surface area (Å²) in [5.41, 5.74) is 0. The molecule has 1 atom stereocenters. The molecule has 0 aliphatic carbocycles. The molecular formula is C15H28Cl2N2O. The molecule has 5 heteroatoms.